The number of rotatable bonds is 3. The number of allylic oxidation sites excluding steroid dienone is 6. The molecular formula is C21H17NO2S. The number of hydrogen-bond donors (Lipinski definition) is 0. The van der Waals surface area contributed by atoms with Gasteiger partial charge in [-0.15, -0.1) is 6.58 Å². The van der Waals surface area contributed by atoms with Crippen LogP contribution in [-0.4, -0.2) is 17.3 Å². The highest BCUT2D eigenvalue weighted by atomic mass is 32.2. The number of carbonyl (C=O) groups excluding carboxylic acids is 2. The van der Waals surface area contributed by atoms with E-state index in [2.05, 4.69) is 11.6 Å². The summed E-state index contributed by atoms with van der Waals surface area (Å²) in [5, 5.41) is 0. The van der Waals surface area contributed by atoms with Gasteiger partial charge in [0.2, 0.25) is 11.6 Å². The third kappa shape index (κ3) is 2.57. The molecule has 0 saturated carbocycles. The smallest absolute Gasteiger partial charge is 0.231 e. The Morgan fingerprint density at radius 3 is 2.80 bits per heavy atom. The van der Waals surface area contributed by atoms with E-state index < -0.39 is 11.7 Å². The van der Waals surface area contributed by atoms with E-state index in [0.717, 1.165) is 26.8 Å². The van der Waals surface area contributed by atoms with Crippen LogP contribution in [0.25, 0.3) is 0 Å². The van der Waals surface area contributed by atoms with Gasteiger partial charge in [-0.2, -0.15) is 0 Å². The van der Waals surface area contributed by atoms with Crippen LogP contribution in [0.3, 0.4) is 0 Å². The highest BCUT2D eigenvalue weighted by Crippen LogP contribution is 2.46. The monoisotopic (exact) mass is 347 g/mol. The van der Waals surface area contributed by atoms with Gasteiger partial charge in [-0.05, 0) is 36.6 Å². The quantitative estimate of drug-likeness (QED) is 0.593. The predicted molar refractivity (Wildman–Crippen MR) is 101 cm³/mol. The molecule has 0 bridgehead atoms. The maximum absolute atomic E-state index is 12.9. The summed E-state index contributed by atoms with van der Waals surface area (Å²) >= 11 is 1.52. The number of fused-ring (bicyclic) bond motifs is 3. The van der Waals surface area contributed by atoms with E-state index >= 15 is 0 Å². The van der Waals surface area contributed by atoms with Crippen molar-refractivity contribution in [2.45, 2.75) is 18.2 Å². The largest absolute Gasteiger partial charge is 0.290 e. The van der Waals surface area contributed by atoms with Crippen LogP contribution in [0.15, 0.2) is 81.1 Å². The molecule has 3 nitrogen and oxygen atoms in total. The van der Waals surface area contributed by atoms with Crippen molar-refractivity contribution >= 4 is 34.7 Å². The summed E-state index contributed by atoms with van der Waals surface area (Å²) in [6.07, 6.45) is 8.23. The molecule has 2 aliphatic carbocycles. The van der Waals surface area contributed by atoms with Crippen molar-refractivity contribution < 1.29 is 9.59 Å². The fraction of sp³-hybridized carbons (Fsp3) is 0.190. The fourth-order valence-corrected chi connectivity index (χ4v) is 4.44. The zero-order valence-corrected chi connectivity index (χ0v) is 14.7. The second kappa shape index (κ2) is 6.12. The third-order valence-electron chi connectivity index (χ3n) is 4.76. The van der Waals surface area contributed by atoms with Gasteiger partial charge in [0, 0.05) is 26.9 Å². The van der Waals surface area contributed by atoms with Crippen molar-refractivity contribution in [3.8, 4) is 0 Å². The van der Waals surface area contributed by atoms with Gasteiger partial charge in [-0.25, -0.2) is 4.99 Å². The Labute approximate surface area is 150 Å². The van der Waals surface area contributed by atoms with Crippen molar-refractivity contribution in [2.75, 3.05) is 0 Å². The number of ketones is 2. The summed E-state index contributed by atoms with van der Waals surface area (Å²) in [6, 6.07) is 7.89. The van der Waals surface area contributed by atoms with Crippen molar-refractivity contribution in [3.63, 3.8) is 0 Å². The van der Waals surface area contributed by atoms with Gasteiger partial charge in [0.05, 0.1) is 11.4 Å². The summed E-state index contributed by atoms with van der Waals surface area (Å²) in [6.45, 7) is 5.74. The minimum atomic E-state index is -0.395. The fourth-order valence-electron chi connectivity index (χ4n) is 3.32. The predicted octanol–water partition coefficient (Wildman–Crippen LogP) is 4.60. The van der Waals surface area contributed by atoms with Crippen molar-refractivity contribution in [3.05, 3.63) is 71.2 Å². The number of carbonyl (C=O) groups is 2. The lowest BCUT2D eigenvalue weighted by Crippen LogP contribution is -2.34. The molecule has 0 N–H and O–H groups in total. The van der Waals surface area contributed by atoms with E-state index in [4.69, 9.17) is 0 Å². The third-order valence-corrected chi connectivity index (χ3v) is 5.89. The molecule has 25 heavy (non-hydrogen) atoms. The second-order valence-corrected chi connectivity index (χ2v) is 7.52. The normalized spacial score (nSPS) is 22.5. The van der Waals surface area contributed by atoms with Gasteiger partial charge >= 0.3 is 0 Å². The average molecular weight is 347 g/mol. The number of benzene rings is 1. The van der Waals surface area contributed by atoms with E-state index in [1.807, 2.05) is 49.4 Å². The Balaban J connectivity index is 1.90. The van der Waals surface area contributed by atoms with E-state index in [-0.39, 0.29) is 11.7 Å². The molecular weight excluding hydrogens is 330 g/mol. The molecule has 4 heteroatoms. The molecule has 4 rings (SSSR count). The van der Waals surface area contributed by atoms with Crippen LogP contribution in [0.4, 0.5) is 5.69 Å². The highest BCUT2D eigenvalue weighted by Gasteiger charge is 2.39. The zero-order chi connectivity index (χ0) is 17.6. The molecule has 1 heterocycles. The van der Waals surface area contributed by atoms with Gasteiger partial charge in [0.1, 0.15) is 0 Å². The topological polar surface area (TPSA) is 46.5 Å². The summed E-state index contributed by atoms with van der Waals surface area (Å²) in [5.41, 5.74) is 2.95. The molecule has 1 aliphatic heterocycles. The lowest BCUT2D eigenvalue weighted by atomic mass is 9.78. The molecule has 2 atom stereocenters. The summed E-state index contributed by atoms with van der Waals surface area (Å²) in [7, 11) is 0. The molecule has 0 aromatic heterocycles. The van der Waals surface area contributed by atoms with Crippen LogP contribution < -0.4 is 0 Å². The Morgan fingerprint density at radius 1 is 1.28 bits per heavy atom. The Hall–Kier alpha value is -2.46. The first kappa shape index (κ1) is 16.0. The van der Waals surface area contributed by atoms with E-state index in [0.29, 0.717) is 12.0 Å². The lowest BCUT2D eigenvalue weighted by Gasteiger charge is -2.29. The van der Waals surface area contributed by atoms with Crippen molar-refractivity contribution in [1.29, 1.82) is 0 Å². The van der Waals surface area contributed by atoms with E-state index in [1.165, 1.54) is 11.8 Å². The van der Waals surface area contributed by atoms with Crippen LogP contribution in [0.2, 0.25) is 0 Å². The Bertz CT molecular complexity index is 933. The maximum atomic E-state index is 12.9. The summed E-state index contributed by atoms with van der Waals surface area (Å²) in [4.78, 5) is 32.1. The van der Waals surface area contributed by atoms with Gasteiger partial charge in [0.25, 0.3) is 0 Å². The molecule has 2 unspecified atom stereocenters. The van der Waals surface area contributed by atoms with Crippen LogP contribution in [0, 0.1) is 11.8 Å². The SMILES string of the molecule is C=CCC(C)C1C=C2Sc3ccccc3N=C3C=CC3=C2C(=O)C1=O. The number of para-hydroxylation sites is 1. The molecule has 0 amide bonds. The van der Waals surface area contributed by atoms with Gasteiger partial charge in [-0.1, -0.05) is 43.0 Å². The molecule has 0 fully saturated rings. The van der Waals surface area contributed by atoms with Gasteiger partial charge in [-0.3, -0.25) is 9.59 Å². The van der Waals surface area contributed by atoms with Crippen LogP contribution in [0.1, 0.15) is 13.3 Å². The van der Waals surface area contributed by atoms with Gasteiger partial charge in [0.15, 0.2) is 0 Å². The molecule has 0 spiro atoms. The number of hydrogen-bond acceptors (Lipinski definition) is 4. The lowest BCUT2D eigenvalue weighted by molar-refractivity contribution is -0.137. The molecule has 3 aliphatic rings. The average Bonchev–Trinajstić information content (AvgIpc) is 2.58. The van der Waals surface area contributed by atoms with E-state index in [9.17, 15) is 9.59 Å². The summed E-state index contributed by atoms with van der Waals surface area (Å²) < 4.78 is 0. The Morgan fingerprint density at radius 2 is 2.08 bits per heavy atom. The molecule has 0 radical (unpaired) electrons. The number of aliphatic imine (C=N–C) groups is 1. The maximum Gasteiger partial charge on any atom is 0.231 e. The number of nitrogens with zero attached hydrogens (tertiary/aromatic N) is 1. The number of thioether (sulfide) groups is 1. The van der Waals surface area contributed by atoms with Gasteiger partial charge < -0.3 is 0 Å². The second-order valence-electron chi connectivity index (χ2n) is 6.44. The molecule has 1 aromatic rings. The van der Waals surface area contributed by atoms with Crippen molar-refractivity contribution in [1.82, 2.24) is 0 Å². The standard InChI is InChI=1S/C21H17NO2S/c1-3-6-12(2)14-11-18-19(21(24)20(14)23)13-9-10-15(13)22-16-7-4-5-8-17(16)25-18/h3-5,7-12,14H,1,6H2,2H3. The minimum absolute atomic E-state index is 0.0550. The molecule has 124 valence electrons. The number of Topliss-reactive ketones (excluding diaryl/α,β-unsaturated/α-hetero) is 2. The zero-order valence-electron chi connectivity index (χ0n) is 13.9. The Kier molecular flexibility index (Phi) is 3.92. The highest BCUT2D eigenvalue weighted by molar-refractivity contribution is 8.03. The molecule has 0 saturated heterocycles. The van der Waals surface area contributed by atoms with Crippen molar-refractivity contribution in [2.24, 2.45) is 16.8 Å². The van der Waals surface area contributed by atoms with Crippen LogP contribution in [-0.2, 0) is 9.59 Å². The first-order valence-electron chi connectivity index (χ1n) is 8.30. The van der Waals surface area contributed by atoms with Crippen LogP contribution >= 0.6 is 11.8 Å². The summed E-state index contributed by atoms with van der Waals surface area (Å²) in [5.74, 6) is -1.06. The van der Waals surface area contributed by atoms with Crippen LogP contribution in [0.5, 0.6) is 0 Å². The minimum Gasteiger partial charge on any atom is -0.290 e. The first-order valence-corrected chi connectivity index (χ1v) is 9.11. The van der Waals surface area contributed by atoms with E-state index in [1.54, 1.807) is 6.08 Å². The first-order chi connectivity index (χ1) is 12.1. The molecule has 1 aromatic carbocycles.